The minimum absolute atomic E-state index is 0.00292. The predicted molar refractivity (Wildman–Crippen MR) is 108 cm³/mol. The molecule has 1 spiro atoms. The Labute approximate surface area is 167 Å². The number of nitrogens with one attached hydrogen (secondary N) is 1. The fraction of sp³-hybridized carbons (Fsp3) is 0.300. The van der Waals surface area contributed by atoms with Crippen LogP contribution in [0.4, 0.5) is 5.95 Å². The number of hydrogen-bond acceptors (Lipinski definition) is 7. The molecule has 4 aromatic rings. The smallest absolute Gasteiger partial charge is 0.257 e. The molecule has 3 aromatic heterocycles. The van der Waals surface area contributed by atoms with Crippen molar-refractivity contribution in [1.29, 1.82) is 0 Å². The van der Waals surface area contributed by atoms with Crippen LogP contribution in [-0.4, -0.2) is 67.7 Å². The molecule has 0 unspecified atom stereocenters. The van der Waals surface area contributed by atoms with Crippen molar-refractivity contribution in [3.05, 3.63) is 55.0 Å². The Kier molecular flexibility index (Phi) is 3.65. The van der Waals surface area contributed by atoms with Crippen LogP contribution >= 0.6 is 0 Å². The first kappa shape index (κ1) is 16.6. The summed E-state index contributed by atoms with van der Waals surface area (Å²) < 4.78 is 9.12. The molecule has 29 heavy (non-hydrogen) atoms. The largest absolute Gasteiger partial charge is 0.377 e. The Morgan fingerprint density at radius 1 is 0.931 bits per heavy atom. The Bertz CT molecular complexity index is 1160. The van der Waals surface area contributed by atoms with Gasteiger partial charge < -0.3 is 15.0 Å². The quantitative estimate of drug-likeness (QED) is 0.564. The molecule has 9 heteroatoms. The number of benzene rings is 1. The van der Waals surface area contributed by atoms with E-state index in [-0.39, 0.29) is 5.54 Å². The number of hydrogen-bond donors (Lipinski definition) is 1. The molecule has 0 bridgehead atoms. The molecule has 2 fully saturated rings. The van der Waals surface area contributed by atoms with E-state index in [1.165, 1.54) is 0 Å². The van der Waals surface area contributed by atoms with Gasteiger partial charge in [-0.1, -0.05) is 18.2 Å². The average Bonchev–Trinajstić information content (AvgIpc) is 3.42. The molecule has 9 nitrogen and oxygen atoms in total. The monoisotopic (exact) mass is 388 g/mol. The molecule has 5 heterocycles. The maximum atomic E-state index is 5.45. The highest BCUT2D eigenvalue weighted by Crippen LogP contribution is 2.25. The van der Waals surface area contributed by atoms with Gasteiger partial charge in [-0.2, -0.15) is 20.1 Å². The molecular formula is C20H20N8O. The third-order valence-corrected chi connectivity index (χ3v) is 5.54. The van der Waals surface area contributed by atoms with Crippen molar-refractivity contribution < 1.29 is 4.74 Å². The highest BCUT2D eigenvalue weighted by atomic mass is 16.5. The summed E-state index contributed by atoms with van der Waals surface area (Å²) >= 11 is 0. The van der Waals surface area contributed by atoms with Gasteiger partial charge in [0.1, 0.15) is 0 Å². The summed E-state index contributed by atoms with van der Waals surface area (Å²) in [5.41, 5.74) is 1.05. The highest BCUT2D eigenvalue weighted by Gasteiger charge is 2.42. The van der Waals surface area contributed by atoms with Crippen LogP contribution in [0.3, 0.4) is 0 Å². The molecule has 1 N–H and O–H groups in total. The third kappa shape index (κ3) is 2.78. The molecule has 2 aliphatic rings. The molecule has 2 saturated heterocycles. The van der Waals surface area contributed by atoms with Crippen LogP contribution in [0.15, 0.2) is 55.0 Å². The lowest BCUT2D eigenvalue weighted by molar-refractivity contribution is -0.0744. The van der Waals surface area contributed by atoms with Crippen LogP contribution < -0.4 is 10.2 Å². The standard InChI is InChI=1S/C20H20N8O/c1-2-5-16-15(4-1)6-10-27(16)18-23-17(24-19(25-18)28-9-3-7-22-28)26-11-8-21-20(12-26)13-29-14-20/h1-7,9-10,21H,8,11-14H2. The van der Waals surface area contributed by atoms with Gasteiger partial charge in [-0.25, -0.2) is 4.68 Å². The molecule has 0 amide bonds. The molecule has 6 rings (SSSR count). The lowest BCUT2D eigenvalue weighted by atomic mass is 9.95. The van der Waals surface area contributed by atoms with E-state index in [0.717, 1.165) is 43.8 Å². The third-order valence-electron chi connectivity index (χ3n) is 5.54. The van der Waals surface area contributed by atoms with Crippen LogP contribution in [0.2, 0.25) is 0 Å². The topological polar surface area (TPSA) is 85.9 Å². The van der Waals surface area contributed by atoms with Gasteiger partial charge in [0.25, 0.3) is 5.95 Å². The highest BCUT2D eigenvalue weighted by molar-refractivity contribution is 5.81. The Hall–Kier alpha value is -3.30. The fourth-order valence-electron chi connectivity index (χ4n) is 4.01. The van der Waals surface area contributed by atoms with Crippen molar-refractivity contribution in [3.8, 4) is 11.9 Å². The zero-order valence-electron chi connectivity index (χ0n) is 15.8. The Morgan fingerprint density at radius 2 is 1.79 bits per heavy atom. The number of aromatic nitrogens is 6. The lowest BCUT2D eigenvalue weighted by Gasteiger charge is -2.48. The minimum Gasteiger partial charge on any atom is -0.377 e. The molecule has 0 saturated carbocycles. The van der Waals surface area contributed by atoms with Gasteiger partial charge in [0.15, 0.2) is 0 Å². The van der Waals surface area contributed by atoms with Gasteiger partial charge >= 0.3 is 0 Å². The van der Waals surface area contributed by atoms with Gasteiger partial charge in [0.05, 0.1) is 24.3 Å². The second-order valence-electron chi connectivity index (χ2n) is 7.55. The molecule has 0 radical (unpaired) electrons. The first-order chi connectivity index (χ1) is 14.3. The maximum absolute atomic E-state index is 5.45. The van der Waals surface area contributed by atoms with Gasteiger partial charge in [-0.3, -0.25) is 4.57 Å². The van der Waals surface area contributed by atoms with Gasteiger partial charge in [0.2, 0.25) is 11.9 Å². The van der Waals surface area contributed by atoms with Crippen LogP contribution in [0.5, 0.6) is 0 Å². The number of rotatable bonds is 3. The van der Waals surface area contributed by atoms with E-state index in [9.17, 15) is 0 Å². The van der Waals surface area contributed by atoms with E-state index in [4.69, 9.17) is 19.7 Å². The summed E-state index contributed by atoms with van der Waals surface area (Å²) in [6, 6.07) is 12.1. The van der Waals surface area contributed by atoms with Crippen molar-refractivity contribution in [2.24, 2.45) is 0 Å². The first-order valence-electron chi connectivity index (χ1n) is 9.70. The SMILES string of the molecule is c1ccc2c(c1)ccn2-c1nc(N2CCNC3(COC3)C2)nc(-n2cccn2)n1. The van der Waals surface area contributed by atoms with Crippen LogP contribution in [-0.2, 0) is 4.74 Å². The average molecular weight is 388 g/mol. The number of ether oxygens (including phenoxy) is 1. The molecule has 146 valence electrons. The van der Waals surface area contributed by atoms with Gasteiger partial charge in [0, 0.05) is 43.6 Å². The number of piperazine rings is 1. The van der Waals surface area contributed by atoms with Crippen LogP contribution in [0, 0.1) is 0 Å². The summed E-state index contributed by atoms with van der Waals surface area (Å²) in [4.78, 5) is 16.5. The predicted octanol–water partition coefficient (Wildman–Crippen LogP) is 1.18. The lowest BCUT2D eigenvalue weighted by Crippen LogP contribution is -2.70. The van der Waals surface area contributed by atoms with E-state index in [0.29, 0.717) is 17.8 Å². The number of para-hydroxylation sites is 1. The fourth-order valence-corrected chi connectivity index (χ4v) is 4.01. The summed E-state index contributed by atoms with van der Waals surface area (Å²) in [5, 5.41) is 9.04. The molecule has 2 aliphatic heterocycles. The van der Waals surface area contributed by atoms with E-state index >= 15 is 0 Å². The van der Waals surface area contributed by atoms with Gasteiger partial charge in [-0.15, -0.1) is 0 Å². The Balaban J connectivity index is 1.48. The van der Waals surface area contributed by atoms with Crippen molar-refractivity contribution in [1.82, 2.24) is 34.6 Å². The normalized spacial score (nSPS) is 18.3. The summed E-state index contributed by atoms with van der Waals surface area (Å²) in [7, 11) is 0. The van der Waals surface area contributed by atoms with Crippen molar-refractivity contribution in [3.63, 3.8) is 0 Å². The number of fused-ring (bicyclic) bond motifs is 1. The number of anilines is 1. The molecule has 0 aliphatic carbocycles. The van der Waals surface area contributed by atoms with Gasteiger partial charge in [-0.05, 0) is 18.2 Å². The zero-order chi connectivity index (χ0) is 19.3. The first-order valence-corrected chi connectivity index (χ1v) is 9.70. The van der Waals surface area contributed by atoms with Crippen molar-refractivity contribution in [2.45, 2.75) is 5.54 Å². The summed E-state index contributed by atoms with van der Waals surface area (Å²) in [6.45, 7) is 3.94. The zero-order valence-corrected chi connectivity index (χ0v) is 15.8. The van der Waals surface area contributed by atoms with E-state index in [1.807, 2.05) is 35.2 Å². The van der Waals surface area contributed by atoms with E-state index < -0.39 is 0 Å². The van der Waals surface area contributed by atoms with Crippen LogP contribution in [0.25, 0.3) is 22.8 Å². The Morgan fingerprint density at radius 3 is 2.62 bits per heavy atom. The summed E-state index contributed by atoms with van der Waals surface area (Å²) in [6.07, 6.45) is 5.56. The number of nitrogens with zero attached hydrogens (tertiary/aromatic N) is 7. The van der Waals surface area contributed by atoms with E-state index in [1.54, 1.807) is 10.9 Å². The van der Waals surface area contributed by atoms with Crippen LogP contribution in [0.1, 0.15) is 0 Å². The molecule has 0 atom stereocenters. The maximum Gasteiger partial charge on any atom is 0.257 e. The summed E-state index contributed by atoms with van der Waals surface area (Å²) in [5.74, 6) is 1.75. The second kappa shape index (κ2) is 6.36. The molecule has 1 aromatic carbocycles. The van der Waals surface area contributed by atoms with E-state index in [2.05, 4.69) is 33.5 Å². The molecular weight excluding hydrogens is 368 g/mol. The van der Waals surface area contributed by atoms with Crippen molar-refractivity contribution in [2.75, 3.05) is 37.7 Å². The second-order valence-corrected chi connectivity index (χ2v) is 7.55. The van der Waals surface area contributed by atoms with Crippen molar-refractivity contribution >= 4 is 16.9 Å². The minimum atomic E-state index is -0.00292.